The van der Waals surface area contributed by atoms with E-state index in [-0.39, 0.29) is 86.6 Å². The number of cyclic esters (lactones) is 2. The molecule has 0 unspecified atom stereocenters. The van der Waals surface area contributed by atoms with Gasteiger partial charge in [0.2, 0.25) is 47.3 Å². The number of anilines is 2. The third kappa shape index (κ3) is 15.2. The van der Waals surface area contributed by atoms with E-state index >= 15 is 19.2 Å². The number of nitrogens with one attached hydrogen (secondary N) is 5. The number of hydrogen-bond acceptors (Lipinski definition) is 19. The van der Waals surface area contributed by atoms with Crippen LogP contribution in [0.25, 0.3) is 22.4 Å². The van der Waals surface area contributed by atoms with Gasteiger partial charge >= 0.3 is 17.6 Å². The van der Waals surface area contributed by atoms with Gasteiger partial charge in [-0.3, -0.25) is 47.9 Å². The van der Waals surface area contributed by atoms with E-state index in [0.29, 0.717) is 18.4 Å². The quantitative estimate of drug-likeness (QED) is 0.123. The minimum atomic E-state index is -1.93. The predicted octanol–water partition coefficient (Wildman–Crippen LogP) is 4.86. The van der Waals surface area contributed by atoms with Crippen LogP contribution in [0, 0.1) is 37.5 Å². The van der Waals surface area contributed by atoms with E-state index in [4.69, 9.17) is 46.8 Å². The first kappa shape index (κ1) is 75.8. The Morgan fingerprint density at radius 3 is 1.53 bits per heavy atom. The normalized spacial score (nSPS) is 24.9. The Morgan fingerprint density at radius 1 is 0.604 bits per heavy atom. The van der Waals surface area contributed by atoms with Crippen LogP contribution in [-0.2, 0) is 57.4 Å². The second-order valence-corrected chi connectivity index (χ2v) is 28.9. The molecule has 10 atom stereocenters. The number of likely N-dealkylation sites (N-methyl/N-ethyl adjacent to an activating group) is 4. The van der Waals surface area contributed by atoms with Crippen LogP contribution in [0.4, 0.5) is 11.4 Å². The van der Waals surface area contributed by atoms with Gasteiger partial charge < -0.3 is 74.6 Å². The second kappa shape index (κ2) is 30.4. The van der Waals surface area contributed by atoms with Crippen LogP contribution < -0.4 is 36.9 Å². The van der Waals surface area contributed by atoms with Crippen molar-refractivity contribution in [3.05, 3.63) is 73.1 Å². The zero-order valence-electron chi connectivity index (χ0n) is 59.5. The number of amides is 10. The van der Waals surface area contributed by atoms with Crippen LogP contribution in [0.5, 0.6) is 11.5 Å². The lowest BCUT2D eigenvalue weighted by Gasteiger charge is -2.36. The first-order chi connectivity index (χ1) is 47.4. The van der Waals surface area contributed by atoms with E-state index in [1.54, 1.807) is 62.3 Å². The molecule has 0 aliphatic carbocycles. The summed E-state index contributed by atoms with van der Waals surface area (Å²) in [5.41, 5.74) is -2.85. The topological polar surface area (TPSA) is 355 Å². The van der Waals surface area contributed by atoms with Crippen molar-refractivity contribution >= 4 is 117 Å². The maximum Gasteiger partial charge on any atom is 0.363 e. The third-order valence-electron chi connectivity index (χ3n) is 19.3. The Hall–Kier alpha value is -9.38. The zero-order valence-corrected chi connectivity index (χ0v) is 61.0. The van der Waals surface area contributed by atoms with Crippen LogP contribution in [0.15, 0.2) is 39.5 Å². The predicted molar refractivity (Wildman–Crippen MR) is 370 cm³/mol. The van der Waals surface area contributed by atoms with Gasteiger partial charge in [-0.2, -0.15) is 0 Å². The Kier molecular flexibility index (Phi) is 22.9. The Bertz CT molecular complexity index is 4120. The van der Waals surface area contributed by atoms with E-state index < -0.39 is 185 Å². The van der Waals surface area contributed by atoms with Crippen LogP contribution in [0.2, 0.25) is 10.0 Å². The SMILES string of the molecule is Cc1ccc(C(=O)N[C@@H]2C(=O)N[C@H](C(C)C)C(=O)N3CCC[C@H]3C(=O)N(C)CC(=O)N(C)[C@@H](C(C)C)C(=O)O[C@@H]2C)c2c1Oc1c(c(C(=O)N[C@H]3C(=O)N[C@H](C(C)C)C(=O)N4CCC[C@H]4C(=O)N(C)CC(=O)N(C)[C@@H](C(C)C)C(=O)O[C@H]3C)c3nc(-c4ccc(Cl)cc4Cl)c(=O)oc3c1C)N2. The van der Waals surface area contributed by atoms with Gasteiger partial charge in [-0.15, -0.1) is 0 Å². The van der Waals surface area contributed by atoms with Crippen molar-refractivity contribution in [2.75, 3.05) is 59.7 Å². The molecule has 0 saturated carbocycles. The number of aryl methyl sites for hydroxylation is 2. The number of hydrogen-bond donors (Lipinski definition) is 5. The monoisotopic (exact) mass is 1440 g/mol. The molecule has 4 fully saturated rings. The summed E-state index contributed by atoms with van der Waals surface area (Å²) in [5.74, 6) is -12.5. The average molecular weight is 1440 g/mol. The zero-order chi connectivity index (χ0) is 74.4. The molecule has 31 heteroatoms. The van der Waals surface area contributed by atoms with Gasteiger partial charge in [0.05, 0.1) is 40.6 Å². The minimum Gasteiger partial charge on any atom is -0.458 e. The standard InChI is InChI=1S/C70H88Cl2N12O17/c1-30(2)47-66(93)83-25-17-19-42(83)64(91)79(13)28-44(85)81(15)55(32(5)6)69(96)98-36(11)49(62(89)75-47)77-60(87)40-23-21-34(9)57-51(40)73-53-46(54-59(35(10)58(53)100-57)101-68(95)52(74-54)39-24-22-38(71)27-41(39)72)61(88)78-50-37(12)99-70(97)56(33(7)8)82(16)45(86)29-80(14)65(92)43-20-18-26-84(43)67(94)48(31(3)4)76-63(50)90/h21-24,27,30-33,36-37,42-43,47-50,55-56,73H,17-20,25-26,28-29H2,1-16H3,(H,75,89)(H,76,90)(H,77,87)(H,78,88)/t36-,37+,42+,43+,47-,48-,49+,50-,55+,56+/m1/s1. The Balaban J connectivity index is 1.18. The van der Waals surface area contributed by atoms with E-state index in [1.165, 1.54) is 98.9 Å². The first-order valence-electron chi connectivity index (χ1n) is 33.8. The van der Waals surface area contributed by atoms with Gasteiger partial charge in [0.15, 0.2) is 22.8 Å². The number of carbonyl (C=O) groups excluding carboxylic acids is 12. The number of halogens is 2. The molecular formula is C70H88Cl2N12O17. The van der Waals surface area contributed by atoms with Crippen molar-refractivity contribution in [3.8, 4) is 22.8 Å². The number of fused-ring (bicyclic) bond motifs is 5. The Morgan fingerprint density at radius 2 is 1.08 bits per heavy atom. The molecule has 0 bridgehead atoms. The van der Waals surface area contributed by atoms with Crippen molar-refractivity contribution in [2.24, 2.45) is 23.7 Å². The number of aromatic nitrogens is 1. The van der Waals surface area contributed by atoms with Crippen LogP contribution in [-0.4, -0.2) is 220 Å². The molecule has 6 heterocycles. The molecular weight excluding hydrogens is 1350 g/mol. The summed E-state index contributed by atoms with van der Waals surface area (Å²) in [5, 5.41) is 14.3. The summed E-state index contributed by atoms with van der Waals surface area (Å²) >= 11 is 13.0. The van der Waals surface area contributed by atoms with Crippen molar-refractivity contribution < 1.29 is 76.2 Å². The highest BCUT2D eigenvalue weighted by atomic mass is 35.5. The lowest BCUT2D eigenvalue weighted by molar-refractivity contribution is -0.163. The highest BCUT2D eigenvalue weighted by Gasteiger charge is 2.47. The smallest absolute Gasteiger partial charge is 0.363 e. The number of benzene rings is 3. The van der Waals surface area contributed by atoms with E-state index in [0.717, 1.165) is 9.80 Å². The van der Waals surface area contributed by atoms with E-state index in [2.05, 4.69) is 26.6 Å². The molecule has 5 N–H and O–H groups in total. The fraction of sp³-hybridized carbons (Fsp3) is 0.543. The molecule has 3 aromatic carbocycles. The number of rotatable bonds is 9. The van der Waals surface area contributed by atoms with Gasteiger partial charge in [0.1, 0.15) is 66.1 Å². The van der Waals surface area contributed by atoms with E-state index in [9.17, 15) is 43.2 Å². The summed E-state index contributed by atoms with van der Waals surface area (Å²) < 4.78 is 24.9. The molecule has 5 aliphatic heterocycles. The van der Waals surface area contributed by atoms with Gasteiger partial charge in [-0.1, -0.05) is 84.7 Å². The fourth-order valence-corrected chi connectivity index (χ4v) is 14.2. The summed E-state index contributed by atoms with van der Waals surface area (Å²) in [6.07, 6.45) is -1.79. The molecule has 29 nitrogen and oxygen atoms in total. The molecule has 4 saturated heterocycles. The molecule has 5 aliphatic rings. The molecule has 101 heavy (non-hydrogen) atoms. The average Bonchev–Trinajstić information content (AvgIpc) is 1.33. The van der Waals surface area contributed by atoms with Gasteiger partial charge in [0.25, 0.3) is 11.8 Å². The van der Waals surface area contributed by atoms with Gasteiger partial charge in [-0.05, 0) is 107 Å². The first-order valence-corrected chi connectivity index (χ1v) is 34.5. The highest BCUT2D eigenvalue weighted by molar-refractivity contribution is 6.36. The summed E-state index contributed by atoms with van der Waals surface area (Å²) in [4.78, 5) is 203. The molecule has 9 rings (SSSR count). The molecule has 1 aromatic heterocycles. The number of esters is 2. The van der Waals surface area contributed by atoms with Crippen LogP contribution in [0.1, 0.15) is 127 Å². The largest absolute Gasteiger partial charge is 0.458 e. The highest BCUT2D eigenvalue weighted by Crippen LogP contribution is 2.51. The molecule has 10 amide bonds. The lowest BCUT2D eigenvalue weighted by atomic mass is 9.98. The maximum absolute atomic E-state index is 16.1. The molecule has 4 aromatic rings. The second-order valence-electron chi connectivity index (χ2n) is 28.0. The summed E-state index contributed by atoms with van der Waals surface area (Å²) in [7, 11) is 5.59. The van der Waals surface area contributed by atoms with Crippen molar-refractivity contribution in [3.63, 3.8) is 0 Å². The van der Waals surface area contributed by atoms with Gasteiger partial charge in [-0.25, -0.2) is 19.4 Å². The Labute approximate surface area is 594 Å². The van der Waals surface area contributed by atoms with Crippen LogP contribution >= 0.6 is 23.2 Å². The fourth-order valence-electron chi connectivity index (χ4n) is 13.7. The van der Waals surface area contributed by atoms with Crippen LogP contribution in [0.3, 0.4) is 0 Å². The van der Waals surface area contributed by atoms with Crippen molar-refractivity contribution in [2.45, 2.75) is 169 Å². The number of carbonyl (C=O) groups is 12. The molecule has 0 spiro atoms. The van der Waals surface area contributed by atoms with Crippen molar-refractivity contribution in [1.82, 2.24) is 55.7 Å². The lowest BCUT2D eigenvalue weighted by Crippen LogP contribution is -2.61. The molecule has 0 radical (unpaired) electrons. The maximum atomic E-state index is 16.1. The number of ether oxygens (including phenoxy) is 3. The summed E-state index contributed by atoms with van der Waals surface area (Å²) in [6, 6.07) is -3.90. The third-order valence-corrected chi connectivity index (χ3v) is 19.9. The summed E-state index contributed by atoms with van der Waals surface area (Å²) in [6.45, 7) is 18.5. The minimum absolute atomic E-state index is 0.0105. The van der Waals surface area contributed by atoms with Gasteiger partial charge in [0, 0.05) is 57.4 Å². The number of nitrogens with zero attached hydrogens (tertiary/aromatic N) is 7. The van der Waals surface area contributed by atoms with Crippen molar-refractivity contribution in [1.29, 1.82) is 0 Å². The van der Waals surface area contributed by atoms with E-state index in [1.807, 2.05) is 0 Å². The molecule has 544 valence electrons.